The summed E-state index contributed by atoms with van der Waals surface area (Å²) in [5, 5.41) is 22.5. The summed E-state index contributed by atoms with van der Waals surface area (Å²) in [6.07, 6.45) is 2.43. The van der Waals surface area contributed by atoms with Crippen LogP contribution in [0.3, 0.4) is 0 Å². The van der Waals surface area contributed by atoms with Gasteiger partial charge >= 0.3 is 0 Å². The number of allylic oxidation sites excluding steroid dienone is 1. The second kappa shape index (κ2) is 8.55. The Morgan fingerprint density at radius 1 is 1.00 bits per heavy atom. The van der Waals surface area contributed by atoms with Crippen molar-refractivity contribution >= 4 is 11.3 Å². The van der Waals surface area contributed by atoms with Crippen LogP contribution in [0.4, 0.5) is 0 Å². The summed E-state index contributed by atoms with van der Waals surface area (Å²) in [6, 6.07) is 21.8. The lowest BCUT2D eigenvalue weighted by molar-refractivity contribution is 0.318. The molecule has 0 heterocycles. The smallest absolute Gasteiger partial charge is 0.102 e. The molecule has 0 radical (unpaired) electrons. The summed E-state index contributed by atoms with van der Waals surface area (Å²) in [4.78, 5) is 0. The first-order chi connectivity index (χ1) is 11.3. The Morgan fingerprint density at radius 2 is 1.52 bits per heavy atom. The van der Waals surface area contributed by atoms with Gasteiger partial charge in [-0.1, -0.05) is 79.2 Å². The van der Waals surface area contributed by atoms with Gasteiger partial charge in [-0.05, 0) is 24.0 Å². The van der Waals surface area contributed by atoms with Gasteiger partial charge < -0.3 is 5.21 Å². The van der Waals surface area contributed by atoms with Gasteiger partial charge in [0, 0.05) is 5.57 Å². The standard InChI is InChI=1S/C20H20N2O/c1-2-3-14-19(22-23)18(15-21)20(16-10-6-4-7-11-16)17-12-8-5-9-13-17/h4-13,23H,2-3,14H2,1H3/b22-19+. The van der Waals surface area contributed by atoms with Crippen LogP contribution in [0.5, 0.6) is 0 Å². The van der Waals surface area contributed by atoms with E-state index in [2.05, 4.69) is 18.1 Å². The van der Waals surface area contributed by atoms with E-state index in [1.807, 2.05) is 60.7 Å². The van der Waals surface area contributed by atoms with Gasteiger partial charge in [-0.15, -0.1) is 0 Å². The first-order valence-corrected chi connectivity index (χ1v) is 7.78. The third kappa shape index (κ3) is 4.08. The van der Waals surface area contributed by atoms with E-state index in [1.165, 1.54) is 0 Å². The minimum Gasteiger partial charge on any atom is -0.411 e. The molecule has 3 heteroatoms. The minimum absolute atomic E-state index is 0.429. The molecule has 3 nitrogen and oxygen atoms in total. The van der Waals surface area contributed by atoms with E-state index in [1.54, 1.807) is 0 Å². The van der Waals surface area contributed by atoms with Crippen molar-refractivity contribution in [3.63, 3.8) is 0 Å². The lowest BCUT2D eigenvalue weighted by Crippen LogP contribution is -2.06. The molecule has 0 aliphatic carbocycles. The Morgan fingerprint density at radius 3 is 1.91 bits per heavy atom. The van der Waals surface area contributed by atoms with Crippen molar-refractivity contribution in [2.24, 2.45) is 5.16 Å². The molecular formula is C20H20N2O. The Bertz CT molecular complexity index is 684. The molecule has 0 fully saturated rings. The molecule has 0 atom stereocenters. The first kappa shape index (κ1) is 16.5. The van der Waals surface area contributed by atoms with Crippen molar-refractivity contribution < 1.29 is 5.21 Å². The van der Waals surface area contributed by atoms with Crippen molar-refractivity contribution in [1.29, 1.82) is 5.26 Å². The van der Waals surface area contributed by atoms with E-state index in [-0.39, 0.29) is 0 Å². The molecule has 2 aromatic carbocycles. The van der Waals surface area contributed by atoms with Crippen LogP contribution in [0.15, 0.2) is 71.4 Å². The zero-order valence-corrected chi connectivity index (χ0v) is 13.2. The van der Waals surface area contributed by atoms with E-state index in [0.717, 1.165) is 29.5 Å². The topological polar surface area (TPSA) is 56.4 Å². The number of benzene rings is 2. The van der Waals surface area contributed by atoms with Gasteiger partial charge in [-0.2, -0.15) is 5.26 Å². The van der Waals surface area contributed by atoms with E-state index >= 15 is 0 Å². The molecule has 0 amide bonds. The summed E-state index contributed by atoms with van der Waals surface area (Å²) in [5.41, 5.74) is 3.55. The van der Waals surface area contributed by atoms with Crippen LogP contribution in [0.25, 0.3) is 5.57 Å². The Hall–Kier alpha value is -2.86. The lowest BCUT2D eigenvalue weighted by Gasteiger charge is -2.12. The van der Waals surface area contributed by atoms with E-state index in [0.29, 0.717) is 17.7 Å². The number of oxime groups is 1. The maximum atomic E-state index is 9.72. The summed E-state index contributed by atoms with van der Waals surface area (Å²) in [5.74, 6) is 0. The highest BCUT2D eigenvalue weighted by Crippen LogP contribution is 2.28. The van der Waals surface area contributed by atoms with Gasteiger partial charge in [0.15, 0.2) is 0 Å². The molecular weight excluding hydrogens is 284 g/mol. The molecule has 0 aromatic heterocycles. The minimum atomic E-state index is 0.429. The fraction of sp³-hybridized carbons (Fsp3) is 0.200. The zero-order valence-electron chi connectivity index (χ0n) is 13.2. The highest BCUT2D eigenvalue weighted by molar-refractivity contribution is 6.11. The predicted molar refractivity (Wildman–Crippen MR) is 93.3 cm³/mol. The number of hydrogen-bond donors (Lipinski definition) is 1. The van der Waals surface area contributed by atoms with E-state index in [9.17, 15) is 10.5 Å². The van der Waals surface area contributed by atoms with Crippen LogP contribution in [0.2, 0.25) is 0 Å². The normalized spacial score (nSPS) is 10.9. The maximum Gasteiger partial charge on any atom is 0.102 e. The lowest BCUT2D eigenvalue weighted by atomic mass is 9.90. The SMILES string of the molecule is CCCC/C(=N\O)C(C#N)=C(c1ccccc1)c1ccccc1. The van der Waals surface area contributed by atoms with Gasteiger partial charge in [-0.25, -0.2) is 0 Å². The molecule has 2 aromatic rings. The van der Waals surface area contributed by atoms with Crippen LogP contribution >= 0.6 is 0 Å². The molecule has 23 heavy (non-hydrogen) atoms. The first-order valence-electron chi connectivity index (χ1n) is 7.78. The van der Waals surface area contributed by atoms with Crippen LogP contribution in [-0.4, -0.2) is 10.9 Å². The largest absolute Gasteiger partial charge is 0.411 e. The monoisotopic (exact) mass is 304 g/mol. The Balaban J connectivity index is 2.65. The fourth-order valence-electron chi connectivity index (χ4n) is 2.50. The van der Waals surface area contributed by atoms with Gasteiger partial charge in [0.05, 0.1) is 11.3 Å². The number of nitrogens with zero attached hydrogens (tertiary/aromatic N) is 2. The van der Waals surface area contributed by atoms with Crippen LogP contribution in [0, 0.1) is 11.3 Å². The number of nitriles is 1. The fourth-order valence-corrected chi connectivity index (χ4v) is 2.50. The van der Waals surface area contributed by atoms with Gasteiger partial charge in [0.25, 0.3) is 0 Å². The summed E-state index contributed by atoms with van der Waals surface area (Å²) in [6.45, 7) is 2.07. The zero-order chi connectivity index (χ0) is 16.5. The molecule has 116 valence electrons. The molecule has 1 N–H and O–H groups in total. The van der Waals surface area contributed by atoms with Crippen molar-refractivity contribution in [3.05, 3.63) is 77.4 Å². The number of hydrogen-bond acceptors (Lipinski definition) is 3. The molecule has 0 aliphatic heterocycles. The van der Waals surface area contributed by atoms with Crippen molar-refractivity contribution in [2.45, 2.75) is 26.2 Å². The third-order valence-corrected chi connectivity index (χ3v) is 3.66. The van der Waals surface area contributed by atoms with Crippen molar-refractivity contribution in [1.82, 2.24) is 0 Å². The molecule has 0 unspecified atom stereocenters. The average Bonchev–Trinajstić information content (AvgIpc) is 2.62. The van der Waals surface area contributed by atoms with E-state index in [4.69, 9.17) is 0 Å². The molecule has 0 spiro atoms. The van der Waals surface area contributed by atoms with Crippen LogP contribution in [0.1, 0.15) is 37.3 Å². The quantitative estimate of drug-likeness (QED) is 0.352. The van der Waals surface area contributed by atoms with E-state index < -0.39 is 0 Å². The second-order valence-corrected chi connectivity index (χ2v) is 5.24. The summed E-state index contributed by atoms with van der Waals surface area (Å²) >= 11 is 0. The predicted octanol–water partition coefficient (Wildman–Crippen LogP) is 5.03. The second-order valence-electron chi connectivity index (χ2n) is 5.24. The highest BCUT2D eigenvalue weighted by atomic mass is 16.4. The molecule has 0 saturated heterocycles. The molecule has 2 rings (SSSR count). The van der Waals surface area contributed by atoms with Crippen molar-refractivity contribution in [2.75, 3.05) is 0 Å². The molecule has 0 saturated carbocycles. The molecule has 0 bridgehead atoms. The van der Waals surface area contributed by atoms with Crippen LogP contribution < -0.4 is 0 Å². The summed E-state index contributed by atoms with van der Waals surface area (Å²) < 4.78 is 0. The molecule has 0 aliphatic rings. The Labute approximate surface area is 137 Å². The maximum absolute atomic E-state index is 9.72. The Kier molecular flexibility index (Phi) is 6.14. The third-order valence-electron chi connectivity index (χ3n) is 3.66. The van der Waals surface area contributed by atoms with Gasteiger partial charge in [0.2, 0.25) is 0 Å². The van der Waals surface area contributed by atoms with Crippen molar-refractivity contribution in [3.8, 4) is 6.07 Å². The number of unbranched alkanes of at least 4 members (excludes halogenated alkanes) is 1. The van der Waals surface area contributed by atoms with Gasteiger partial charge in [-0.3, -0.25) is 0 Å². The van der Waals surface area contributed by atoms with Gasteiger partial charge in [0.1, 0.15) is 6.07 Å². The number of rotatable bonds is 6. The van der Waals surface area contributed by atoms with Crippen LogP contribution in [-0.2, 0) is 0 Å². The summed E-state index contributed by atoms with van der Waals surface area (Å²) in [7, 11) is 0. The highest BCUT2D eigenvalue weighted by Gasteiger charge is 2.17. The average molecular weight is 304 g/mol.